The highest BCUT2D eigenvalue weighted by Crippen LogP contribution is 2.36. The van der Waals surface area contributed by atoms with E-state index in [0.717, 1.165) is 13.0 Å². The summed E-state index contributed by atoms with van der Waals surface area (Å²) in [5, 5.41) is 2.81. The van der Waals surface area contributed by atoms with Crippen molar-refractivity contribution in [3.63, 3.8) is 0 Å². The summed E-state index contributed by atoms with van der Waals surface area (Å²) in [4.78, 5) is 11.2. The van der Waals surface area contributed by atoms with Crippen molar-refractivity contribution < 1.29 is 4.79 Å². The van der Waals surface area contributed by atoms with Gasteiger partial charge in [0.15, 0.2) is 0 Å². The van der Waals surface area contributed by atoms with Crippen molar-refractivity contribution >= 4 is 5.91 Å². The van der Waals surface area contributed by atoms with Gasteiger partial charge in [-0.25, -0.2) is 0 Å². The lowest BCUT2D eigenvalue weighted by Crippen LogP contribution is -2.36. The standard InChI is InChI=1S/C8H14N2O/c9-7(5-1-2-5)6-3-4-10-8(6)11/h5-7H,1-4,9H2,(H,10,11). The maximum atomic E-state index is 11.2. The summed E-state index contributed by atoms with van der Waals surface area (Å²) in [6.07, 6.45) is 3.40. The van der Waals surface area contributed by atoms with Gasteiger partial charge in [-0.05, 0) is 25.2 Å². The Balaban J connectivity index is 1.96. The van der Waals surface area contributed by atoms with Gasteiger partial charge in [-0.1, -0.05) is 0 Å². The Morgan fingerprint density at radius 1 is 1.45 bits per heavy atom. The summed E-state index contributed by atoms with van der Waals surface area (Å²) in [6.45, 7) is 0.823. The zero-order chi connectivity index (χ0) is 7.84. The number of carbonyl (C=O) groups excluding carboxylic acids is 1. The molecule has 1 saturated carbocycles. The van der Waals surface area contributed by atoms with E-state index >= 15 is 0 Å². The van der Waals surface area contributed by atoms with E-state index in [1.54, 1.807) is 0 Å². The first-order chi connectivity index (χ1) is 5.29. The third kappa shape index (κ3) is 1.25. The molecule has 62 valence electrons. The highest BCUT2D eigenvalue weighted by atomic mass is 16.2. The Morgan fingerprint density at radius 2 is 2.18 bits per heavy atom. The predicted octanol–water partition coefficient (Wildman–Crippen LogP) is -0.140. The normalized spacial score (nSPS) is 33.5. The molecule has 1 aliphatic heterocycles. The lowest BCUT2D eigenvalue weighted by Gasteiger charge is -2.14. The quantitative estimate of drug-likeness (QED) is 0.581. The van der Waals surface area contributed by atoms with E-state index in [9.17, 15) is 4.79 Å². The van der Waals surface area contributed by atoms with Crippen molar-refractivity contribution in [2.75, 3.05) is 6.54 Å². The smallest absolute Gasteiger partial charge is 0.224 e. The van der Waals surface area contributed by atoms with Gasteiger partial charge < -0.3 is 11.1 Å². The fourth-order valence-electron chi connectivity index (χ4n) is 1.79. The zero-order valence-electron chi connectivity index (χ0n) is 6.55. The molecule has 1 saturated heterocycles. The van der Waals surface area contributed by atoms with Gasteiger partial charge in [0.05, 0.1) is 5.92 Å². The Morgan fingerprint density at radius 3 is 2.64 bits per heavy atom. The molecule has 3 heteroatoms. The predicted molar refractivity (Wildman–Crippen MR) is 41.8 cm³/mol. The second kappa shape index (κ2) is 2.48. The van der Waals surface area contributed by atoms with Crippen molar-refractivity contribution in [3.8, 4) is 0 Å². The van der Waals surface area contributed by atoms with Crippen molar-refractivity contribution in [2.24, 2.45) is 17.6 Å². The number of nitrogens with one attached hydrogen (secondary N) is 1. The maximum Gasteiger partial charge on any atom is 0.224 e. The molecular weight excluding hydrogens is 140 g/mol. The van der Waals surface area contributed by atoms with Crippen LogP contribution in [0.3, 0.4) is 0 Å². The average molecular weight is 154 g/mol. The summed E-state index contributed by atoms with van der Waals surface area (Å²) in [7, 11) is 0. The minimum atomic E-state index is 0.113. The first-order valence-corrected chi connectivity index (χ1v) is 4.32. The molecular formula is C8H14N2O. The minimum Gasteiger partial charge on any atom is -0.356 e. The first-order valence-electron chi connectivity index (χ1n) is 4.32. The third-order valence-corrected chi connectivity index (χ3v) is 2.72. The van der Waals surface area contributed by atoms with Gasteiger partial charge >= 0.3 is 0 Å². The van der Waals surface area contributed by atoms with E-state index in [-0.39, 0.29) is 17.9 Å². The maximum absolute atomic E-state index is 11.2. The number of hydrogen-bond acceptors (Lipinski definition) is 2. The van der Waals surface area contributed by atoms with Gasteiger partial charge in [-0.3, -0.25) is 4.79 Å². The topological polar surface area (TPSA) is 55.1 Å². The monoisotopic (exact) mass is 154 g/mol. The van der Waals surface area contributed by atoms with Crippen LogP contribution in [-0.4, -0.2) is 18.5 Å². The highest BCUT2D eigenvalue weighted by molar-refractivity contribution is 5.81. The fourth-order valence-corrected chi connectivity index (χ4v) is 1.79. The Labute approximate surface area is 66.3 Å². The lowest BCUT2D eigenvalue weighted by molar-refractivity contribution is -0.123. The van der Waals surface area contributed by atoms with E-state index in [2.05, 4.69) is 5.32 Å². The van der Waals surface area contributed by atoms with Crippen molar-refractivity contribution in [1.29, 1.82) is 0 Å². The molecule has 2 aliphatic rings. The van der Waals surface area contributed by atoms with E-state index in [1.165, 1.54) is 12.8 Å². The van der Waals surface area contributed by atoms with Gasteiger partial charge in [0, 0.05) is 12.6 Å². The van der Waals surface area contributed by atoms with Crippen LogP contribution in [-0.2, 0) is 4.79 Å². The van der Waals surface area contributed by atoms with Crippen LogP contribution in [0.4, 0.5) is 0 Å². The molecule has 0 aromatic rings. The van der Waals surface area contributed by atoms with Crippen molar-refractivity contribution in [2.45, 2.75) is 25.3 Å². The molecule has 1 amide bonds. The van der Waals surface area contributed by atoms with Crippen LogP contribution >= 0.6 is 0 Å². The number of hydrogen-bond donors (Lipinski definition) is 2. The van der Waals surface area contributed by atoms with Gasteiger partial charge in [-0.15, -0.1) is 0 Å². The molecule has 2 unspecified atom stereocenters. The summed E-state index contributed by atoms with van der Waals surface area (Å²) in [5.41, 5.74) is 5.91. The lowest BCUT2D eigenvalue weighted by atomic mass is 9.95. The van der Waals surface area contributed by atoms with Crippen molar-refractivity contribution in [1.82, 2.24) is 5.32 Å². The highest BCUT2D eigenvalue weighted by Gasteiger charge is 2.39. The number of nitrogens with two attached hydrogens (primary N) is 1. The molecule has 0 spiro atoms. The van der Waals surface area contributed by atoms with E-state index in [4.69, 9.17) is 5.73 Å². The molecule has 0 aromatic heterocycles. The third-order valence-electron chi connectivity index (χ3n) is 2.72. The molecule has 1 heterocycles. The molecule has 0 bridgehead atoms. The van der Waals surface area contributed by atoms with Crippen molar-refractivity contribution in [3.05, 3.63) is 0 Å². The zero-order valence-corrected chi connectivity index (χ0v) is 6.55. The Kier molecular flexibility index (Phi) is 1.60. The SMILES string of the molecule is NC(C1CC1)C1CCNC1=O. The molecule has 3 nitrogen and oxygen atoms in total. The second-order valence-electron chi connectivity index (χ2n) is 3.60. The largest absolute Gasteiger partial charge is 0.356 e. The molecule has 0 aromatic carbocycles. The molecule has 3 N–H and O–H groups in total. The van der Waals surface area contributed by atoms with Crippen LogP contribution in [0.15, 0.2) is 0 Å². The number of carbonyl (C=O) groups is 1. The van der Waals surface area contributed by atoms with Crippen LogP contribution in [0.2, 0.25) is 0 Å². The van der Waals surface area contributed by atoms with Crippen LogP contribution in [0.25, 0.3) is 0 Å². The molecule has 0 radical (unpaired) electrons. The summed E-state index contributed by atoms with van der Waals surface area (Å²) in [5.74, 6) is 0.927. The summed E-state index contributed by atoms with van der Waals surface area (Å²) in [6, 6.07) is 0.137. The van der Waals surface area contributed by atoms with Crippen LogP contribution in [0.1, 0.15) is 19.3 Å². The molecule has 11 heavy (non-hydrogen) atoms. The molecule has 2 rings (SSSR count). The average Bonchev–Trinajstić information content (AvgIpc) is 2.74. The minimum absolute atomic E-state index is 0.113. The van der Waals surface area contributed by atoms with E-state index < -0.39 is 0 Å². The first kappa shape index (κ1) is 7.10. The van der Waals surface area contributed by atoms with Crippen LogP contribution < -0.4 is 11.1 Å². The molecule has 2 fully saturated rings. The second-order valence-corrected chi connectivity index (χ2v) is 3.60. The molecule has 2 atom stereocenters. The Hall–Kier alpha value is -0.570. The summed E-state index contributed by atoms with van der Waals surface area (Å²) < 4.78 is 0. The van der Waals surface area contributed by atoms with Gasteiger partial charge in [0.25, 0.3) is 0 Å². The van der Waals surface area contributed by atoms with Crippen LogP contribution in [0, 0.1) is 11.8 Å². The van der Waals surface area contributed by atoms with Crippen LogP contribution in [0.5, 0.6) is 0 Å². The molecule has 1 aliphatic carbocycles. The van der Waals surface area contributed by atoms with E-state index in [1.807, 2.05) is 0 Å². The Bertz CT molecular complexity index is 177. The fraction of sp³-hybridized carbons (Fsp3) is 0.875. The van der Waals surface area contributed by atoms with E-state index in [0.29, 0.717) is 5.92 Å². The van der Waals surface area contributed by atoms with Gasteiger partial charge in [0.2, 0.25) is 5.91 Å². The number of amides is 1. The summed E-state index contributed by atoms with van der Waals surface area (Å²) >= 11 is 0. The number of rotatable bonds is 2. The van der Waals surface area contributed by atoms with Gasteiger partial charge in [0.1, 0.15) is 0 Å². The van der Waals surface area contributed by atoms with Gasteiger partial charge in [-0.2, -0.15) is 0 Å².